The second kappa shape index (κ2) is 8.42. The van der Waals surface area contributed by atoms with Crippen molar-refractivity contribution in [1.82, 2.24) is 0 Å². The molecule has 0 radical (unpaired) electrons. The van der Waals surface area contributed by atoms with Crippen molar-refractivity contribution >= 4 is 0 Å². The summed E-state index contributed by atoms with van der Waals surface area (Å²) in [5.74, 6) is 2.76. The molecule has 0 bridgehead atoms. The molecule has 4 nitrogen and oxygen atoms in total. The van der Waals surface area contributed by atoms with Crippen LogP contribution in [0.15, 0.2) is 11.6 Å². The van der Waals surface area contributed by atoms with Crippen LogP contribution in [-0.2, 0) is 0 Å². The van der Waals surface area contributed by atoms with Gasteiger partial charge < -0.3 is 20.4 Å². The summed E-state index contributed by atoms with van der Waals surface area (Å²) in [5, 5.41) is 41.0. The average Bonchev–Trinajstić information content (AvgIpc) is 3.06. The van der Waals surface area contributed by atoms with Gasteiger partial charge in [-0.25, -0.2) is 0 Å². The molecular weight excluding hydrogens is 388 g/mol. The Labute approximate surface area is 189 Å². The fourth-order valence-electron chi connectivity index (χ4n) is 8.69. The summed E-state index contributed by atoms with van der Waals surface area (Å²) in [6.07, 6.45) is 11.9. The quantitative estimate of drug-likeness (QED) is 0.466. The van der Waals surface area contributed by atoms with E-state index in [0.717, 1.165) is 32.1 Å². The second-order valence-electron chi connectivity index (χ2n) is 12.5. The Hall–Kier alpha value is -0.420. The zero-order valence-corrected chi connectivity index (χ0v) is 20.2. The maximum Gasteiger partial charge on any atom is 0.0849 e. The van der Waals surface area contributed by atoms with Gasteiger partial charge in [0, 0.05) is 0 Å². The number of rotatable bonds is 6. The fraction of sp³-hybridized carbons (Fsp3) is 0.926. The van der Waals surface area contributed by atoms with E-state index in [-0.39, 0.29) is 29.6 Å². The van der Waals surface area contributed by atoms with Crippen LogP contribution in [0.25, 0.3) is 0 Å². The van der Waals surface area contributed by atoms with Crippen LogP contribution in [0.5, 0.6) is 0 Å². The Bertz CT molecular complexity index is 687. The van der Waals surface area contributed by atoms with E-state index in [1.54, 1.807) is 6.92 Å². The smallest absolute Gasteiger partial charge is 0.0849 e. The molecule has 4 aliphatic carbocycles. The van der Waals surface area contributed by atoms with Gasteiger partial charge in [-0.15, -0.1) is 0 Å². The van der Waals surface area contributed by atoms with Crippen LogP contribution < -0.4 is 0 Å². The molecule has 4 heteroatoms. The summed E-state index contributed by atoms with van der Waals surface area (Å²) in [7, 11) is 0. The highest BCUT2D eigenvalue weighted by atomic mass is 16.3. The molecule has 0 aliphatic heterocycles. The molecule has 10 atom stereocenters. The van der Waals surface area contributed by atoms with Crippen LogP contribution in [0.4, 0.5) is 0 Å². The summed E-state index contributed by atoms with van der Waals surface area (Å²) in [6, 6.07) is 0. The summed E-state index contributed by atoms with van der Waals surface area (Å²) >= 11 is 0. The maximum absolute atomic E-state index is 11.3. The Morgan fingerprint density at radius 2 is 1.84 bits per heavy atom. The van der Waals surface area contributed by atoms with Gasteiger partial charge in [-0.2, -0.15) is 0 Å². The molecule has 178 valence electrons. The zero-order chi connectivity index (χ0) is 22.6. The van der Waals surface area contributed by atoms with E-state index < -0.39 is 5.60 Å². The van der Waals surface area contributed by atoms with Crippen molar-refractivity contribution in [3.05, 3.63) is 11.6 Å². The molecular formula is C27H46O4. The number of aliphatic hydroxyl groups is 4. The Morgan fingerprint density at radius 3 is 2.55 bits per heavy atom. The lowest BCUT2D eigenvalue weighted by Gasteiger charge is -2.59. The molecule has 0 aromatic heterocycles. The monoisotopic (exact) mass is 434 g/mol. The minimum absolute atomic E-state index is 0.157. The van der Waals surface area contributed by atoms with Crippen molar-refractivity contribution in [2.75, 3.05) is 6.61 Å². The van der Waals surface area contributed by atoms with Gasteiger partial charge in [0.25, 0.3) is 0 Å². The number of aliphatic hydroxyl groups excluding tert-OH is 3. The maximum atomic E-state index is 11.3. The first kappa shape index (κ1) is 23.7. The summed E-state index contributed by atoms with van der Waals surface area (Å²) in [4.78, 5) is 0. The standard InChI is InChI=1S/C27H46O4/c1-17(6-5-11-25(2,31)16-28)20-7-8-21-24-22(10-13-27(20,21)4)26(3)12-9-19(29)14-18(26)15-23(24)30/h15,17,19-24,28-31H,5-14,16H2,1-4H3/t17-,19+,20-,21+,22+,23-,24+,25?,26+,27-/m1/s1. The predicted molar refractivity (Wildman–Crippen MR) is 123 cm³/mol. The van der Waals surface area contributed by atoms with Gasteiger partial charge in [-0.1, -0.05) is 45.3 Å². The van der Waals surface area contributed by atoms with Crippen LogP contribution in [0.1, 0.15) is 91.9 Å². The zero-order valence-electron chi connectivity index (χ0n) is 20.2. The Kier molecular flexibility index (Phi) is 6.44. The molecule has 0 saturated heterocycles. The van der Waals surface area contributed by atoms with E-state index in [1.807, 2.05) is 0 Å². The van der Waals surface area contributed by atoms with E-state index in [0.29, 0.717) is 36.0 Å². The number of hydrogen-bond donors (Lipinski definition) is 4. The van der Waals surface area contributed by atoms with Crippen LogP contribution >= 0.6 is 0 Å². The molecule has 31 heavy (non-hydrogen) atoms. The van der Waals surface area contributed by atoms with Gasteiger partial charge in [0.1, 0.15) is 0 Å². The van der Waals surface area contributed by atoms with E-state index in [1.165, 1.54) is 31.3 Å². The van der Waals surface area contributed by atoms with Gasteiger partial charge >= 0.3 is 0 Å². The highest BCUT2D eigenvalue weighted by Crippen LogP contribution is 2.67. The summed E-state index contributed by atoms with van der Waals surface area (Å²) in [5.41, 5.74) is 0.808. The molecule has 0 aromatic carbocycles. The van der Waals surface area contributed by atoms with E-state index in [2.05, 4.69) is 26.8 Å². The lowest BCUT2D eigenvalue weighted by atomic mass is 9.46. The molecule has 0 aromatic rings. The van der Waals surface area contributed by atoms with Crippen LogP contribution in [0, 0.1) is 40.4 Å². The van der Waals surface area contributed by atoms with Gasteiger partial charge in [0.05, 0.1) is 24.4 Å². The molecule has 4 aliphatic rings. The molecule has 1 unspecified atom stereocenters. The first-order valence-electron chi connectivity index (χ1n) is 12.9. The van der Waals surface area contributed by atoms with Gasteiger partial charge in [0.15, 0.2) is 0 Å². The largest absolute Gasteiger partial charge is 0.393 e. The van der Waals surface area contributed by atoms with Crippen molar-refractivity contribution < 1.29 is 20.4 Å². The van der Waals surface area contributed by atoms with Gasteiger partial charge in [-0.3, -0.25) is 0 Å². The molecule has 3 saturated carbocycles. The van der Waals surface area contributed by atoms with Crippen LogP contribution in [0.2, 0.25) is 0 Å². The SMILES string of the molecule is C[C@H](CCCC(C)(O)CO)[C@H]1CC[C@H]2[C@@H]3[C@H](O)C=C4C[C@@H](O)CC[C@]4(C)[C@H]3CC[C@]12C. The Morgan fingerprint density at radius 1 is 1.10 bits per heavy atom. The predicted octanol–water partition coefficient (Wildman–Crippen LogP) is 4.45. The highest BCUT2D eigenvalue weighted by Gasteiger charge is 2.61. The van der Waals surface area contributed by atoms with Gasteiger partial charge in [0.2, 0.25) is 0 Å². The third-order valence-corrected chi connectivity index (χ3v) is 10.6. The van der Waals surface area contributed by atoms with Crippen LogP contribution in [-0.4, -0.2) is 44.8 Å². The van der Waals surface area contributed by atoms with E-state index in [9.17, 15) is 20.4 Å². The average molecular weight is 435 g/mol. The van der Waals surface area contributed by atoms with Crippen molar-refractivity contribution in [1.29, 1.82) is 0 Å². The number of hydrogen-bond acceptors (Lipinski definition) is 4. The normalized spacial score (nSPS) is 47.5. The Balaban J connectivity index is 1.49. The minimum Gasteiger partial charge on any atom is -0.393 e. The van der Waals surface area contributed by atoms with Crippen LogP contribution in [0.3, 0.4) is 0 Å². The highest BCUT2D eigenvalue weighted by molar-refractivity contribution is 5.27. The topological polar surface area (TPSA) is 80.9 Å². The fourth-order valence-corrected chi connectivity index (χ4v) is 8.69. The molecule has 0 heterocycles. The second-order valence-corrected chi connectivity index (χ2v) is 12.5. The van der Waals surface area contributed by atoms with Crippen molar-refractivity contribution in [3.63, 3.8) is 0 Å². The van der Waals surface area contributed by atoms with E-state index >= 15 is 0 Å². The summed E-state index contributed by atoms with van der Waals surface area (Å²) in [6.45, 7) is 8.86. The first-order valence-corrected chi connectivity index (χ1v) is 12.9. The molecule has 0 spiro atoms. The minimum atomic E-state index is -0.959. The lowest BCUT2D eigenvalue weighted by Crippen LogP contribution is -2.54. The van der Waals surface area contributed by atoms with Crippen molar-refractivity contribution in [2.24, 2.45) is 40.4 Å². The molecule has 4 N–H and O–H groups in total. The first-order chi connectivity index (χ1) is 14.5. The van der Waals surface area contributed by atoms with Gasteiger partial charge in [-0.05, 0) is 98.7 Å². The van der Waals surface area contributed by atoms with Crippen molar-refractivity contribution in [3.8, 4) is 0 Å². The third-order valence-electron chi connectivity index (χ3n) is 10.6. The van der Waals surface area contributed by atoms with E-state index in [4.69, 9.17) is 0 Å². The molecule has 3 fully saturated rings. The molecule has 0 amide bonds. The lowest BCUT2D eigenvalue weighted by molar-refractivity contribution is -0.0972. The third kappa shape index (κ3) is 4.05. The van der Waals surface area contributed by atoms with Crippen molar-refractivity contribution in [2.45, 2.75) is 110 Å². The number of fused-ring (bicyclic) bond motifs is 5. The summed E-state index contributed by atoms with van der Waals surface area (Å²) < 4.78 is 0. The molecule has 4 rings (SSSR count).